The summed E-state index contributed by atoms with van der Waals surface area (Å²) in [6, 6.07) is 0.700. The minimum atomic E-state index is -0.406. The van der Waals surface area contributed by atoms with E-state index in [0.29, 0.717) is 6.04 Å². The summed E-state index contributed by atoms with van der Waals surface area (Å²) in [6.07, 6.45) is 8.14. The van der Waals surface area contributed by atoms with Gasteiger partial charge in [0, 0.05) is 32.2 Å². The Morgan fingerprint density at radius 1 is 1.04 bits per heavy atom. The molecule has 0 aromatic rings. The molecule has 140 valence electrons. The van der Waals surface area contributed by atoms with Crippen molar-refractivity contribution in [2.45, 2.75) is 84.8 Å². The van der Waals surface area contributed by atoms with E-state index in [4.69, 9.17) is 4.74 Å². The number of amides is 1. The monoisotopic (exact) mass is 338 g/mol. The van der Waals surface area contributed by atoms with Crippen LogP contribution in [0.25, 0.3) is 0 Å². The molecule has 0 aromatic carbocycles. The molecule has 4 nitrogen and oxygen atoms in total. The van der Waals surface area contributed by atoms with Crippen molar-refractivity contribution in [1.82, 2.24) is 9.80 Å². The Labute approximate surface area is 148 Å². The second-order valence-corrected chi connectivity index (χ2v) is 9.10. The molecule has 4 heteroatoms. The van der Waals surface area contributed by atoms with Gasteiger partial charge < -0.3 is 9.64 Å². The van der Waals surface area contributed by atoms with Gasteiger partial charge in [-0.1, -0.05) is 33.1 Å². The smallest absolute Gasteiger partial charge is 0.410 e. The Bertz CT molecular complexity index is 389. The van der Waals surface area contributed by atoms with Crippen LogP contribution in [0.15, 0.2) is 0 Å². The van der Waals surface area contributed by atoms with Crippen LogP contribution in [-0.2, 0) is 4.74 Å². The molecule has 1 amide bonds. The highest BCUT2D eigenvalue weighted by Gasteiger charge is 2.33. The van der Waals surface area contributed by atoms with Crippen molar-refractivity contribution < 1.29 is 9.53 Å². The molecule has 0 radical (unpaired) electrons. The predicted octanol–water partition coefficient (Wildman–Crippen LogP) is 4.53. The summed E-state index contributed by atoms with van der Waals surface area (Å²) in [5.41, 5.74) is -0.406. The highest BCUT2D eigenvalue weighted by molar-refractivity contribution is 5.68. The SMILES string of the molecule is CC(C)CC(C1CCCCC1)N1CCN(C(=O)OC(C)(C)C)CC1. The van der Waals surface area contributed by atoms with E-state index in [1.54, 1.807) is 0 Å². The lowest BCUT2D eigenvalue weighted by atomic mass is 9.80. The lowest BCUT2D eigenvalue weighted by molar-refractivity contribution is 0.00255. The lowest BCUT2D eigenvalue weighted by Crippen LogP contribution is -2.54. The molecule has 1 aliphatic heterocycles. The molecule has 2 rings (SSSR count). The largest absolute Gasteiger partial charge is 0.444 e. The summed E-state index contributed by atoms with van der Waals surface area (Å²) < 4.78 is 5.52. The number of nitrogens with zero attached hydrogens (tertiary/aromatic N) is 2. The fourth-order valence-electron chi connectivity index (χ4n) is 4.20. The topological polar surface area (TPSA) is 32.8 Å². The maximum absolute atomic E-state index is 12.3. The fourth-order valence-corrected chi connectivity index (χ4v) is 4.20. The van der Waals surface area contributed by atoms with Gasteiger partial charge in [-0.2, -0.15) is 0 Å². The van der Waals surface area contributed by atoms with Gasteiger partial charge in [-0.05, 0) is 51.9 Å². The molecular weight excluding hydrogens is 300 g/mol. The summed E-state index contributed by atoms with van der Waals surface area (Å²) in [7, 11) is 0. The van der Waals surface area contributed by atoms with Crippen LogP contribution in [0, 0.1) is 11.8 Å². The van der Waals surface area contributed by atoms with Gasteiger partial charge >= 0.3 is 6.09 Å². The third kappa shape index (κ3) is 5.94. The first-order valence-corrected chi connectivity index (χ1v) is 9.98. The molecule has 0 N–H and O–H groups in total. The molecule has 1 aliphatic carbocycles. The van der Waals surface area contributed by atoms with Gasteiger partial charge in [0.2, 0.25) is 0 Å². The first-order chi connectivity index (χ1) is 11.3. The van der Waals surface area contributed by atoms with E-state index in [2.05, 4.69) is 18.7 Å². The summed E-state index contributed by atoms with van der Waals surface area (Å²) in [6.45, 7) is 14.1. The molecule has 0 aromatic heterocycles. The van der Waals surface area contributed by atoms with E-state index >= 15 is 0 Å². The molecule has 1 heterocycles. The molecule has 0 spiro atoms. The molecule has 2 fully saturated rings. The third-order valence-corrected chi connectivity index (χ3v) is 5.34. The van der Waals surface area contributed by atoms with E-state index in [9.17, 15) is 4.79 Å². The van der Waals surface area contributed by atoms with Gasteiger partial charge in [-0.25, -0.2) is 4.79 Å². The van der Waals surface area contributed by atoms with Gasteiger partial charge in [-0.3, -0.25) is 4.90 Å². The zero-order valence-electron chi connectivity index (χ0n) is 16.5. The quantitative estimate of drug-likeness (QED) is 0.755. The van der Waals surface area contributed by atoms with Crippen LogP contribution in [0.3, 0.4) is 0 Å². The van der Waals surface area contributed by atoms with Gasteiger partial charge in [0.25, 0.3) is 0 Å². The first kappa shape index (κ1) is 19.6. The van der Waals surface area contributed by atoms with Gasteiger partial charge in [0.1, 0.15) is 5.60 Å². The molecular formula is C20H38N2O2. The first-order valence-electron chi connectivity index (χ1n) is 9.98. The van der Waals surface area contributed by atoms with Gasteiger partial charge in [0.15, 0.2) is 0 Å². The van der Waals surface area contributed by atoms with Crippen LogP contribution in [-0.4, -0.2) is 53.7 Å². The van der Waals surface area contributed by atoms with E-state index < -0.39 is 5.60 Å². The molecule has 1 saturated carbocycles. The van der Waals surface area contributed by atoms with Crippen LogP contribution < -0.4 is 0 Å². The van der Waals surface area contributed by atoms with Crippen molar-refractivity contribution >= 4 is 6.09 Å². The van der Waals surface area contributed by atoms with Crippen molar-refractivity contribution in [3.8, 4) is 0 Å². The average molecular weight is 339 g/mol. The maximum Gasteiger partial charge on any atom is 0.410 e. The normalized spacial score (nSPS) is 22.7. The molecule has 1 saturated heterocycles. The lowest BCUT2D eigenvalue weighted by Gasteiger charge is -2.44. The maximum atomic E-state index is 12.3. The Hall–Kier alpha value is -0.770. The summed E-state index contributed by atoms with van der Waals surface area (Å²) in [4.78, 5) is 16.8. The van der Waals surface area contributed by atoms with Crippen molar-refractivity contribution in [3.05, 3.63) is 0 Å². The zero-order chi connectivity index (χ0) is 17.7. The minimum absolute atomic E-state index is 0.153. The zero-order valence-corrected chi connectivity index (χ0v) is 16.5. The highest BCUT2D eigenvalue weighted by Crippen LogP contribution is 2.32. The molecule has 1 atom stereocenters. The molecule has 24 heavy (non-hydrogen) atoms. The van der Waals surface area contributed by atoms with Gasteiger partial charge in [0.05, 0.1) is 0 Å². The summed E-state index contributed by atoms with van der Waals surface area (Å²) in [5, 5.41) is 0. The number of rotatable bonds is 4. The van der Waals surface area contributed by atoms with Crippen LogP contribution in [0.1, 0.15) is 73.1 Å². The number of hydrogen-bond donors (Lipinski definition) is 0. The summed E-state index contributed by atoms with van der Waals surface area (Å²) in [5.74, 6) is 1.59. The van der Waals surface area contributed by atoms with Crippen LogP contribution >= 0.6 is 0 Å². The fraction of sp³-hybridized carbons (Fsp3) is 0.950. The van der Waals surface area contributed by atoms with E-state index in [1.807, 2.05) is 25.7 Å². The number of carbonyl (C=O) groups excluding carboxylic acids is 1. The molecule has 0 bridgehead atoms. The number of carbonyl (C=O) groups is 1. The Morgan fingerprint density at radius 2 is 1.62 bits per heavy atom. The van der Waals surface area contributed by atoms with E-state index in [1.165, 1.54) is 38.5 Å². The Morgan fingerprint density at radius 3 is 2.12 bits per heavy atom. The van der Waals surface area contributed by atoms with Gasteiger partial charge in [-0.15, -0.1) is 0 Å². The van der Waals surface area contributed by atoms with Crippen LogP contribution in [0.5, 0.6) is 0 Å². The molecule has 2 aliphatic rings. The van der Waals surface area contributed by atoms with Crippen molar-refractivity contribution in [3.63, 3.8) is 0 Å². The third-order valence-electron chi connectivity index (χ3n) is 5.34. The van der Waals surface area contributed by atoms with E-state index in [-0.39, 0.29) is 6.09 Å². The van der Waals surface area contributed by atoms with Crippen LogP contribution in [0.2, 0.25) is 0 Å². The Balaban J connectivity index is 1.90. The number of hydrogen-bond acceptors (Lipinski definition) is 3. The molecule has 1 unspecified atom stereocenters. The highest BCUT2D eigenvalue weighted by atomic mass is 16.6. The van der Waals surface area contributed by atoms with Crippen molar-refractivity contribution in [2.24, 2.45) is 11.8 Å². The van der Waals surface area contributed by atoms with Crippen molar-refractivity contribution in [2.75, 3.05) is 26.2 Å². The number of ether oxygens (including phenoxy) is 1. The predicted molar refractivity (Wildman–Crippen MR) is 99.2 cm³/mol. The number of piperazine rings is 1. The minimum Gasteiger partial charge on any atom is -0.444 e. The average Bonchev–Trinajstić information content (AvgIpc) is 2.52. The summed E-state index contributed by atoms with van der Waals surface area (Å²) >= 11 is 0. The van der Waals surface area contributed by atoms with Crippen molar-refractivity contribution in [1.29, 1.82) is 0 Å². The second-order valence-electron chi connectivity index (χ2n) is 9.10. The van der Waals surface area contributed by atoms with Crippen LogP contribution in [0.4, 0.5) is 4.79 Å². The standard InChI is InChI=1S/C20H38N2O2/c1-16(2)15-18(17-9-7-6-8-10-17)21-11-13-22(14-12-21)19(23)24-20(3,4)5/h16-18H,6-15H2,1-5H3. The van der Waals surface area contributed by atoms with E-state index in [0.717, 1.165) is 38.0 Å². The second kappa shape index (κ2) is 8.55. The Kier molecular flexibility index (Phi) is 6.97.